The van der Waals surface area contributed by atoms with E-state index in [1.807, 2.05) is 0 Å². The highest BCUT2D eigenvalue weighted by Gasteiger charge is 2.13. The number of carbonyl (C=O) groups is 2. The Labute approximate surface area is 112 Å². The zero-order valence-electron chi connectivity index (χ0n) is 10.1. The first kappa shape index (κ1) is 13.3. The number of benzene rings is 1. The molecule has 0 atom stereocenters. The number of carbonyl (C=O) groups excluding carboxylic acids is 1. The number of urea groups is 1. The zero-order valence-corrected chi connectivity index (χ0v) is 10.1. The molecule has 2 aromatic rings. The van der Waals surface area contributed by atoms with Crippen LogP contribution in [0, 0.1) is 0 Å². The minimum absolute atomic E-state index is 0.0744. The third kappa shape index (κ3) is 3.22. The minimum Gasteiger partial charge on any atom is -0.508 e. The Kier molecular flexibility index (Phi) is 3.80. The molecule has 5 N–H and O–H groups in total. The summed E-state index contributed by atoms with van der Waals surface area (Å²) in [6.45, 7) is 0.117. The smallest absolute Gasteiger partial charge is 0.337 e. The zero-order chi connectivity index (χ0) is 14.5. The number of aromatic hydroxyl groups is 1. The van der Waals surface area contributed by atoms with Crippen LogP contribution in [-0.2, 0) is 6.54 Å². The highest BCUT2D eigenvalue weighted by molar-refractivity contribution is 6.00. The Hall–Kier alpha value is -3.10. The summed E-state index contributed by atoms with van der Waals surface area (Å²) in [5.41, 5.74) is -0.134. The molecule has 0 aliphatic heterocycles. The maximum atomic E-state index is 11.6. The van der Waals surface area contributed by atoms with Crippen LogP contribution in [0.3, 0.4) is 0 Å². The fourth-order valence-corrected chi connectivity index (χ4v) is 1.46. The van der Waals surface area contributed by atoms with Crippen LogP contribution >= 0.6 is 0 Å². The van der Waals surface area contributed by atoms with Gasteiger partial charge in [0.2, 0.25) is 0 Å². The molecule has 2 amide bonds. The molecule has 1 aromatic carbocycles. The number of H-pyrrole nitrogens is 1. The quantitative estimate of drug-likeness (QED) is 0.516. The molecule has 0 saturated carbocycles. The van der Waals surface area contributed by atoms with Gasteiger partial charge in [0, 0.05) is 0 Å². The van der Waals surface area contributed by atoms with E-state index in [0.29, 0.717) is 5.82 Å². The summed E-state index contributed by atoms with van der Waals surface area (Å²) >= 11 is 0. The fraction of sp³-hybridized carbons (Fsp3) is 0.0909. The number of phenols is 1. The predicted octanol–water partition coefficient (Wildman–Crippen LogP) is 0.530. The van der Waals surface area contributed by atoms with E-state index in [-0.39, 0.29) is 23.5 Å². The number of nitrogens with one attached hydrogen (secondary N) is 3. The minimum atomic E-state index is -1.26. The van der Waals surface area contributed by atoms with Crippen LogP contribution in [0.1, 0.15) is 16.2 Å². The predicted molar refractivity (Wildman–Crippen MR) is 67.3 cm³/mol. The number of nitrogens with zero attached hydrogens (tertiary/aromatic N) is 2. The van der Waals surface area contributed by atoms with Gasteiger partial charge in [-0.25, -0.2) is 14.6 Å². The Morgan fingerprint density at radius 1 is 1.35 bits per heavy atom. The van der Waals surface area contributed by atoms with Crippen molar-refractivity contribution in [3.05, 3.63) is 35.9 Å². The van der Waals surface area contributed by atoms with Gasteiger partial charge in [-0.2, -0.15) is 5.10 Å². The van der Waals surface area contributed by atoms with Crippen LogP contribution in [0.5, 0.6) is 5.75 Å². The van der Waals surface area contributed by atoms with Gasteiger partial charge in [0.25, 0.3) is 0 Å². The molecule has 1 aromatic heterocycles. The number of hydrogen-bond donors (Lipinski definition) is 5. The van der Waals surface area contributed by atoms with Crippen molar-refractivity contribution in [3.63, 3.8) is 0 Å². The normalized spacial score (nSPS) is 10.0. The molecule has 0 aliphatic carbocycles. The van der Waals surface area contributed by atoms with Crippen molar-refractivity contribution in [1.29, 1.82) is 0 Å². The maximum Gasteiger partial charge on any atom is 0.337 e. The Morgan fingerprint density at radius 2 is 2.15 bits per heavy atom. The van der Waals surface area contributed by atoms with Gasteiger partial charge in [0.05, 0.1) is 17.8 Å². The van der Waals surface area contributed by atoms with Crippen molar-refractivity contribution in [2.45, 2.75) is 6.54 Å². The van der Waals surface area contributed by atoms with E-state index in [1.54, 1.807) is 0 Å². The van der Waals surface area contributed by atoms with Gasteiger partial charge in [0.15, 0.2) is 0 Å². The van der Waals surface area contributed by atoms with Crippen molar-refractivity contribution in [2.24, 2.45) is 0 Å². The van der Waals surface area contributed by atoms with E-state index < -0.39 is 12.0 Å². The molecule has 9 nitrogen and oxygen atoms in total. The number of aromatic nitrogens is 3. The summed E-state index contributed by atoms with van der Waals surface area (Å²) in [6, 6.07) is 3.02. The Morgan fingerprint density at radius 3 is 2.80 bits per heavy atom. The molecule has 104 valence electrons. The lowest BCUT2D eigenvalue weighted by Gasteiger charge is -2.09. The Balaban J connectivity index is 2.02. The monoisotopic (exact) mass is 277 g/mol. The average Bonchev–Trinajstić information content (AvgIpc) is 2.91. The summed E-state index contributed by atoms with van der Waals surface area (Å²) in [5.74, 6) is -0.995. The van der Waals surface area contributed by atoms with Crippen molar-refractivity contribution in [3.8, 4) is 5.75 Å². The van der Waals surface area contributed by atoms with E-state index >= 15 is 0 Å². The Bertz CT molecular complexity index is 626. The van der Waals surface area contributed by atoms with Gasteiger partial charge in [-0.1, -0.05) is 0 Å². The van der Waals surface area contributed by atoms with Crippen LogP contribution in [0.2, 0.25) is 0 Å². The highest BCUT2D eigenvalue weighted by atomic mass is 16.4. The van der Waals surface area contributed by atoms with Gasteiger partial charge >= 0.3 is 12.0 Å². The lowest BCUT2D eigenvalue weighted by Crippen LogP contribution is -2.29. The lowest BCUT2D eigenvalue weighted by atomic mass is 10.1. The summed E-state index contributed by atoms with van der Waals surface area (Å²) in [4.78, 5) is 26.4. The molecule has 0 unspecified atom stereocenters. The number of aromatic amines is 1. The van der Waals surface area contributed by atoms with Crippen molar-refractivity contribution in [2.75, 3.05) is 5.32 Å². The third-order valence-electron chi connectivity index (χ3n) is 2.36. The molecule has 2 rings (SSSR count). The summed E-state index contributed by atoms with van der Waals surface area (Å²) in [6.07, 6.45) is 1.30. The van der Waals surface area contributed by atoms with E-state index in [1.165, 1.54) is 18.5 Å². The number of anilines is 1. The molecule has 1 heterocycles. The second kappa shape index (κ2) is 5.69. The average molecular weight is 277 g/mol. The van der Waals surface area contributed by atoms with Crippen molar-refractivity contribution >= 4 is 17.7 Å². The van der Waals surface area contributed by atoms with Gasteiger partial charge in [-0.15, -0.1) is 0 Å². The number of hydrogen-bond acceptors (Lipinski definition) is 5. The largest absolute Gasteiger partial charge is 0.508 e. The number of carboxylic acids is 1. The van der Waals surface area contributed by atoms with Crippen molar-refractivity contribution in [1.82, 2.24) is 20.5 Å². The first-order chi connectivity index (χ1) is 9.56. The van der Waals surface area contributed by atoms with Gasteiger partial charge in [0.1, 0.15) is 17.9 Å². The van der Waals surface area contributed by atoms with Crippen LogP contribution in [0.4, 0.5) is 10.5 Å². The first-order valence-electron chi connectivity index (χ1n) is 5.51. The molecule has 0 fully saturated rings. The highest BCUT2D eigenvalue weighted by Crippen LogP contribution is 2.21. The molecule has 20 heavy (non-hydrogen) atoms. The second-order valence-electron chi connectivity index (χ2n) is 3.77. The van der Waals surface area contributed by atoms with Crippen molar-refractivity contribution < 1.29 is 19.8 Å². The molecule has 0 saturated heterocycles. The fourth-order valence-electron chi connectivity index (χ4n) is 1.46. The molecule has 0 aliphatic rings. The van der Waals surface area contributed by atoms with Gasteiger partial charge in [-0.3, -0.25) is 5.10 Å². The number of aromatic carboxylic acids is 1. The van der Waals surface area contributed by atoms with Crippen LogP contribution in [-0.4, -0.2) is 37.4 Å². The van der Waals surface area contributed by atoms with Crippen LogP contribution in [0.15, 0.2) is 24.5 Å². The number of phenolic OH excluding ortho intramolecular Hbond substituents is 1. The number of carboxylic acid groups (broad SMARTS) is 1. The van der Waals surface area contributed by atoms with E-state index in [4.69, 9.17) is 5.11 Å². The van der Waals surface area contributed by atoms with E-state index in [9.17, 15) is 14.7 Å². The third-order valence-corrected chi connectivity index (χ3v) is 2.36. The second-order valence-corrected chi connectivity index (χ2v) is 3.77. The molecule has 0 bridgehead atoms. The topological polar surface area (TPSA) is 140 Å². The maximum absolute atomic E-state index is 11.6. The van der Waals surface area contributed by atoms with Crippen LogP contribution in [0.25, 0.3) is 0 Å². The molecule has 0 radical (unpaired) electrons. The number of amides is 2. The van der Waals surface area contributed by atoms with E-state index in [2.05, 4.69) is 25.8 Å². The summed E-state index contributed by atoms with van der Waals surface area (Å²) in [5, 5.41) is 29.2. The number of rotatable bonds is 4. The van der Waals surface area contributed by atoms with Crippen LogP contribution < -0.4 is 10.6 Å². The molecular weight excluding hydrogens is 266 g/mol. The first-order valence-corrected chi connectivity index (χ1v) is 5.51. The summed E-state index contributed by atoms with van der Waals surface area (Å²) in [7, 11) is 0. The van der Waals surface area contributed by atoms with E-state index in [0.717, 1.165) is 6.07 Å². The lowest BCUT2D eigenvalue weighted by molar-refractivity contribution is 0.0697. The summed E-state index contributed by atoms with van der Waals surface area (Å²) < 4.78 is 0. The molecule has 9 heteroatoms. The SMILES string of the molecule is O=C(NCc1ncn[nH]1)Nc1ccc(O)cc1C(=O)O. The standard InChI is InChI=1S/C11H11N5O4/c17-6-1-2-8(7(3-6)10(18)19)15-11(20)12-4-9-13-5-14-16-9/h1-3,5,17H,4H2,(H,18,19)(H2,12,15,20)(H,13,14,16). The van der Waals surface area contributed by atoms with Gasteiger partial charge in [-0.05, 0) is 18.2 Å². The van der Waals surface area contributed by atoms with Gasteiger partial charge < -0.3 is 20.8 Å². The molecular formula is C11H11N5O4. The molecule has 0 spiro atoms.